The first-order chi connectivity index (χ1) is 13.3. The number of hydrogen-bond acceptors (Lipinski definition) is 4. The predicted octanol–water partition coefficient (Wildman–Crippen LogP) is 4.93. The molecule has 1 heterocycles. The van der Waals surface area contributed by atoms with Gasteiger partial charge in [-0.1, -0.05) is 47.2 Å². The summed E-state index contributed by atoms with van der Waals surface area (Å²) in [6.45, 7) is 12.1. The highest BCUT2D eigenvalue weighted by atomic mass is 32.2. The van der Waals surface area contributed by atoms with E-state index in [4.69, 9.17) is 0 Å². The lowest BCUT2D eigenvalue weighted by Gasteiger charge is -2.16. The van der Waals surface area contributed by atoms with Gasteiger partial charge in [0.05, 0.1) is 10.9 Å². The fraction of sp³-hybridized carbons (Fsp3) is 0.318. The second kappa shape index (κ2) is 8.19. The van der Waals surface area contributed by atoms with Gasteiger partial charge in [-0.2, -0.15) is 0 Å². The van der Waals surface area contributed by atoms with Gasteiger partial charge in [-0.3, -0.25) is 9.36 Å². The molecule has 28 heavy (non-hydrogen) atoms. The number of amides is 1. The number of hydrogen-bond donors (Lipinski definition) is 1. The van der Waals surface area contributed by atoms with Crippen molar-refractivity contribution >= 4 is 23.4 Å². The smallest absolute Gasteiger partial charge is 0.237 e. The molecule has 1 N–H and O–H groups in total. The number of thioether (sulfide) groups is 1. The van der Waals surface area contributed by atoms with Crippen molar-refractivity contribution in [1.82, 2.24) is 14.8 Å². The van der Waals surface area contributed by atoms with E-state index in [1.165, 1.54) is 22.9 Å². The zero-order valence-electron chi connectivity index (χ0n) is 17.2. The maximum absolute atomic E-state index is 12.8. The number of aromatic nitrogens is 3. The molecule has 1 amide bonds. The summed E-state index contributed by atoms with van der Waals surface area (Å²) in [5.74, 6) is -0.0461. The van der Waals surface area contributed by atoms with E-state index in [0.29, 0.717) is 5.16 Å². The maximum atomic E-state index is 12.8. The van der Waals surface area contributed by atoms with Gasteiger partial charge in [0.15, 0.2) is 5.16 Å². The van der Waals surface area contributed by atoms with Crippen LogP contribution >= 0.6 is 11.8 Å². The number of benzene rings is 2. The standard InChI is InChI=1S/C22H26N4OS/c1-13-7-8-19(15(3)9-13)26-12-23-25-22(26)28-18(6)21(27)24-20-16(4)10-14(2)11-17(20)5/h7-12,18H,1-6H3,(H,24,27). The number of aryl methyl sites for hydroxylation is 5. The van der Waals surface area contributed by atoms with Gasteiger partial charge in [0.25, 0.3) is 0 Å². The maximum Gasteiger partial charge on any atom is 0.237 e. The Morgan fingerprint density at radius 1 is 1.00 bits per heavy atom. The van der Waals surface area contributed by atoms with Gasteiger partial charge in [-0.15, -0.1) is 10.2 Å². The highest BCUT2D eigenvalue weighted by Crippen LogP contribution is 2.28. The molecular formula is C22H26N4OS. The molecule has 0 bridgehead atoms. The fourth-order valence-electron chi connectivity index (χ4n) is 3.36. The van der Waals surface area contributed by atoms with Gasteiger partial charge in [0, 0.05) is 5.69 Å². The van der Waals surface area contributed by atoms with Crippen molar-refractivity contribution in [1.29, 1.82) is 0 Å². The zero-order valence-corrected chi connectivity index (χ0v) is 18.0. The number of nitrogens with zero attached hydrogens (tertiary/aromatic N) is 3. The van der Waals surface area contributed by atoms with Gasteiger partial charge in [-0.05, 0) is 64.3 Å². The number of carbonyl (C=O) groups is 1. The molecule has 0 spiro atoms. The molecule has 6 heteroatoms. The van der Waals surface area contributed by atoms with Crippen LogP contribution in [0.25, 0.3) is 5.69 Å². The van der Waals surface area contributed by atoms with Gasteiger partial charge in [-0.25, -0.2) is 0 Å². The number of rotatable bonds is 5. The average Bonchev–Trinajstić information content (AvgIpc) is 3.05. The van der Waals surface area contributed by atoms with Gasteiger partial charge >= 0.3 is 0 Å². The zero-order chi connectivity index (χ0) is 20.4. The fourth-order valence-corrected chi connectivity index (χ4v) is 4.19. The SMILES string of the molecule is Cc1ccc(-n2cnnc2SC(C)C(=O)Nc2c(C)cc(C)cc2C)c(C)c1. The topological polar surface area (TPSA) is 59.8 Å². The van der Waals surface area contributed by atoms with Crippen LogP contribution in [0.1, 0.15) is 34.7 Å². The molecule has 2 aromatic carbocycles. The van der Waals surface area contributed by atoms with Crippen LogP contribution in [0.2, 0.25) is 0 Å². The lowest BCUT2D eigenvalue weighted by Crippen LogP contribution is -2.24. The molecular weight excluding hydrogens is 368 g/mol. The second-order valence-electron chi connectivity index (χ2n) is 7.30. The molecule has 0 aliphatic carbocycles. The van der Waals surface area contributed by atoms with Crippen LogP contribution in [0.4, 0.5) is 5.69 Å². The van der Waals surface area contributed by atoms with E-state index in [2.05, 4.69) is 66.6 Å². The van der Waals surface area contributed by atoms with Crippen LogP contribution in [0.5, 0.6) is 0 Å². The van der Waals surface area contributed by atoms with E-state index in [9.17, 15) is 4.79 Å². The Bertz CT molecular complexity index is 1000. The van der Waals surface area contributed by atoms with E-state index in [0.717, 1.165) is 28.1 Å². The molecule has 5 nitrogen and oxygen atoms in total. The van der Waals surface area contributed by atoms with E-state index < -0.39 is 0 Å². The number of carbonyl (C=O) groups excluding carboxylic acids is 1. The van der Waals surface area contributed by atoms with Crippen LogP contribution in [0.3, 0.4) is 0 Å². The normalized spacial score (nSPS) is 12.1. The number of anilines is 1. The minimum absolute atomic E-state index is 0.0461. The molecule has 0 fully saturated rings. The summed E-state index contributed by atoms with van der Waals surface area (Å²) in [6, 6.07) is 10.4. The summed E-state index contributed by atoms with van der Waals surface area (Å²) in [4.78, 5) is 12.8. The van der Waals surface area contributed by atoms with E-state index >= 15 is 0 Å². The van der Waals surface area contributed by atoms with Crippen molar-refractivity contribution in [2.45, 2.75) is 51.9 Å². The third kappa shape index (κ3) is 4.28. The van der Waals surface area contributed by atoms with Crippen LogP contribution in [0, 0.1) is 34.6 Å². The first kappa shape index (κ1) is 20.1. The highest BCUT2D eigenvalue weighted by Gasteiger charge is 2.20. The largest absolute Gasteiger partial charge is 0.325 e. The molecule has 146 valence electrons. The Kier molecular flexibility index (Phi) is 5.89. The molecule has 1 unspecified atom stereocenters. The Hall–Kier alpha value is -2.60. The van der Waals surface area contributed by atoms with Crippen molar-refractivity contribution in [3.8, 4) is 5.69 Å². The summed E-state index contributed by atoms with van der Waals surface area (Å²) in [7, 11) is 0. The third-order valence-corrected chi connectivity index (χ3v) is 5.76. The van der Waals surface area contributed by atoms with E-state index in [1.807, 2.05) is 25.3 Å². The van der Waals surface area contributed by atoms with Gasteiger partial charge in [0.1, 0.15) is 6.33 Å². The quantitative estimate of drug-likeness (QED) is 0.624. The van der Waals surface area contributed by atoms with E-state index in [-0.39, 0.29) is 11.2 Å². The van der Waals surface area contributed by atoms with E-state index in [1.54, 1.807) is 6.33 Å². The monoisotopic (exact) mass is 394 g/mol. The molecule has 0 radical (unpaired) electrons. The van der Waals surface area contributed by atoms with Crippen LogP contribution < -0.4 is 5.32 Å². The Labute approximate surface area is 170 Å². The van der Waals surface area contributed by atoms with Gasteiger partial charge in [0.2, 0.25) is 5.91 Å². The summed E-state index contributed by atoms with van der Waals surface area (Å²) < 4.78 is 1.94. The van der Waals surface area contributed by atoms with Crippen LogP contribution in [0.15, 0.2) is 41.8 Å². The lowest BCUT2D eigenvalue weighted by atomic mass is 10.1. The molecule has 0 saturated heterocycles. The molecule has 0 aliphatic heterocycles. The highest BCUT2D eigenvalue weighted by molar-refractivity contribution is 8.00. The second-order valence-corrected chi connectivity index (χ2v) is 8.60. The minimum atomic E-state index is -0.311. The lowest BCUT2D eigenvalue weighted by molar-refractivity contribution is -0.115. The third-order valence-electron chi connectivity index (χ3n) is 4.70. The molecule has 0 saturated carbocycles. The molecule has 1 atom stereocenters. The first-order valence-electron chi connectivity index (χ1n) is 9.29. The summed E-state index contributed by atoms with van der Waals surface area (Å²) in [5.41, 5.74) is 7.60. The summed E-state index contributed by atoms with van der Waals surface area (Å²) in [6.07, 6.45) is 1.69. The van der Waals surface area contributed by atoms with Gasteiger partial charge < -0.3 is 5.32 Å². The first-order valence-corrected chi connectivity index (χ1v) is 10.2. The summed E-state index contributed by atoms with van der Waals surface area (Å²) >= 11 is 1.40. The molecule has 3 aromatic rings. The van der Waals surface area contributed by atoms with Crippen molar-refractivity contribution in [3.63, 3.8) is 0 Å². The van der Waals surface area contributed by atoms with Crippen molar-refractivity contribution < 1.29 is 4.79 Å². The molecule has 3 rings (SSSR count). The molecule has 1 aromatic heterocycles. The number of nitrogens with one attached hydrogen (secondary N) is 1. The predicted molar refractivity (Wildman–Crippen MR) is 115 cm³/mol. The van der Waals surface area contributed by atoms with Crippen LogP contribution in [-0.2, 0) is 4.79 Å². The van der Waals surface area contributed by atoms with Crippen molar-refractivity contribution in [3.05, 3.63) is 64.5 Å². The van der Waals surface area contributed by atoms with Crippen molar-refractivity contribution in [2.75, 3.05) is 5.32 Å². The Balaban J connectivity index is 1.78. The average molecular weight is 395 g/mol. The van der Waals surface area contributed by atoms with Crippen molar-refractivity contribution in [2.24, 2.45) is 0 Å². The summed E-state index contributed by atoms with van der Waals surface area (Å²) in [5, 5.41) is 11.8. The van der Waals surface area contributed by atoms with Crippen LogP contribution in [-0.4, -0.2) is 25.9 Å². The Morgan fingerprint density at radius 3 is 2.29 bits per heavy atom. The molecule has 0 aliphatic rings. The minimum Gasteiger partial charge on any atom is -0.325 e. The Morgan fingerprint density at radius 2 is 1.64 bits per heavy atom.